The van der Waals surface area contributed by atoms with E-state index in [9.17, 15) is 34.2 Å². The molecule has 0 fully saturated rings. The molecule has 0 saturated carbocycles. The molecule has 12 heteroatoms. The van der Waals surface area contributed by atoms with Gasteiger partial charge in [-0.25, -0.2) is 19.9 Å². The molecule has 5 N–H and O–H groups in total. The minimum Gasteiger partial charge on any atom is -0.478 e. The van der Waals surface area contributed by atoms with Gasteiger partial charge >= 0.3 is 17.9 Å². The van der Waals surface area contributed by atoms with E-state index in [-0.39, 0.29) is 59.7 Å². The van der Waals surface area contributed by atoms with Gasteiger partial charge in [-0.3, -0.25) is 14.4 Å². The van der Waals surface area contributed by atoms with Crippen molar-refractivity contribution in [2.45, 2.75) is 20.0 Å². The summed E-state index contributed by atoms with van der Waals surface area (Å²) in [5.41, 5.74) is 2.40. The second-order valence-electron chi connectivity index (χ2n) is 7.32. The number of ketones is 1. The van der Waals surface area contributed by atoms with Gasteiger partial charge in [-0.15, -0.1) is 0 Å². The summed E-state index contributed by atoms with van der Waals surface area (Å²) in [4.78, 5) is 64.4. The van der Waals surface area contributed by atoms with Gasteiger partial charge in [0.15, 0.2) is 0 Å². The topological polar surface area (TPSA) is 189 Å². The van der Waals surface area contributed by atoms with Gasteiger partial charge in [-0.05, 0) is 55.3 Å². The zero-order chi connectivity index (χ0) is 27.4. The molecule has 0 aliphatic heterocycles. The highest BCUT2D eigenvalue weighted by Crippen LogP contribution is 2.15. The molecule has 0 heterocycles. The summed E-state index contributed by atoms with van der Waals surface area (Å²) in [6.45, 7) is 2.00. The van der Waals surface area contributed by atoms with Gasteiger partial charge in [-0.2, -0.15) is 0 Å². The van der Waals surface area contributed by atoms with Crippen molar-refractivity contribution in [3.63, 3.8) is 0 Å². The molecule has 12 nitrogen and oxygen atoms in total. The quantitative estimate of drug-likeness (QED) is 0.0862. The maximum Gasteiger partial charge on any atom is 0.338 e. The number of aliphatic hydroxyl groups excluding tert-OH is 1. The van der Waals surface area contributed by atoms with Crippen molar-refractivity contribution >= 4 is 29.6 Å². The first kappa shape index (κ1) is 28.5. The highest BCUT2D eigenvalue weighted by molar-refractivity contribution is 6.12. The Morgan fingerprint density at radius 3 is 2.22 bits per heavy atom. The highest BCUT2D eigenvalue weighted by Gasteiger charge is 2.19. The van der Waals surface area contributed by atoms with Gasteiger partial charge in [0.25, 0.3) is 5.91 Å². The number of hydrogen-bond donors (Lipinski definition) is 5. The zero-order valence-corrected chi connectivity index (χ0v) is 19.7. The summed E-state index contributed by atoms with van der Waals surface area (Å²) >= 11 is 0. The maximum absolute atomic E-state index is 12.5. The molecular formula is C25H24N2O10. The third-order valence-electron chi connectivity index (χ3n) is 4.84. The van der Waals surface area contributed by atoms with Crippen LogP contribution in [0.3, 0.4) is 0 Å². The molecule has 2 rings (SSSR count). The molecule has 0 aromatic heterocycles. The SMILES string of the molecule is CCOC(=O)c1ccc(C(=O)O)c(CONCCCNC(=O)c2cc(C(=O)C#CO)ccc2C(=O)O)c1. The third-order valence-corrected chi connectivity index (χ3v) is 4.84. The Balaban J connectivity index is 1.90. The number of hydrogen-bond acceptors (Lipinski definition) is 9. The summed E-state index contributed by atoms with van der Waals surface area (Å²) in [5, 5.41) is 29.8. The fourth-order valence-electron chi connectivity index (χ4n) is 3.10. The minimum atomic E-state index is -1.36. The lowest BCUT2D eigenvalue weighted by atomic mass is 10.0. The number of Topliss-reactive ketones (excluding diaryl/α,β-unsaturated/α-hetero) is 1. The van der Waals surface area contributed by atoms with Gasteiger partial charge in [-0.1, -0.05) is 0 Å². The number of carbonyl (C=O) groups is 5. The first-order valence-electron chi connectivity index (χ1n) is 10.9. The molecule has 1 amide bonds. The molecule has 0 saturated heterocycles. The van der Waals surface area contributed by atoms with E-state index in [0.29, 0.717) is 6.42 Å². The number of benzene rings is 2. The van der Waals surface area contributed by atoms with Crippen LogP contribution in [0.25, 0.3) is 0 Å². The second-order valence-corrected chi connectivity index (χ2v) is 7.32. The molecule has 0 radical (unpaired) electrons. The predicted octanol–water partition coefficient (Wildman–Crippen LogP) is 1.62. The lowest BCUT2D eigenvalue weighted by molar-refractivity contribution is 0.0265. The number of amides is 1. The fourth-order valence-corrected chi connectivity index (χ4v) is 3.10. The van der Waals surface area contributed by atoms with E-state index in [1.54, 1.807) is 6.92 Å². The lowest BCUT2D eigenvalue weighted by Gasteiger charge is -2.11. The van der Waals surface area contributed by atoms with Crippen LogP contribution < -0.4 is 10.8 Å². The van der Waals surface area contributed by atoms with Gasteiger partial charge in [0.05, 0.1) is 35.5 Å². The van der Waals surface area contributed by atoms with E-state index < -0.39 is 29.6 Å². The van der Waals surface area contributed by atoms with E-state index in [0.717, 1.165) is 12.1 Å². The Labute approximate surface area is 211 Å². The fraction of sp³-hybridized carbons (Fsp3) is 0.240. The van der Waals surface area contributed by atoms with E-state index in [4.69, 9.17) is 14.7 Å². The standard InChI is InChI=1S/C25H24N2O10/c1-2-36-25(35)16-5-6-18(23(31)32)17(12-16)14-37-27-10-3-9-26-22(30)20-13-15(21(29)8-11-28)4-7-19(20)24(33)34/h4-7,12-13,27-28H,2-3,9-10,14H2,1H3,(H,26,30)(H,31,32)(H,33,34). The van der Waals surface area contributed by atoms with E-state index in [1.165, 1.54) is 30.4 Å². The van der Waals surface area contributed by atoms with Crippen LogP contribution in [0.5, 0.6) is 0 Å². The summed E-state index contributed by atoms with van der Waals surface area (Å²) in [6, 6.07) is 7.37. The normalized spacial score (nSPS) is 10.1. The number of carboxylic acids is 2. The molecule has 0 aliphatic rings. The van der Waals surface area contributed by atoms with Crippen LogP contribution >= 0.6 is 0 Å². The zero-order valence-electron chi connectivity index (χ0n) is 19.7. The van der Waals surface area contributed by atoms with Gasteiger partial charge in [0, 0.05) is 24.6 Å². The van der Waals surface area contributed by atoms with Gasteiger partial charge in [0.2, 0.25) is 5.78 Å². The van der Waals surface area contributed by atoms with Crippen molar-refractivity contribution in [1.29, 1.82) is 0 Å². The number of carbonyl (C=O) groups excluding carboxylic acids is 3. The summed E-state index contributed by atoms with van der Waals surface area (Å²) in [6.07, 6.45) is 1.80. The summed E-state index contributed by atoms with van der Waals surface area (Å²) in [7, 11) is 0. The minimum absolute atomic E-state index is 0.0398. The van der Waals surface area contributed by atoms with Crippen LogP contribution in [0.4, 0.5) is 0 Å². The van der Waals surface area contributed by atoms with Crippen molar-refractivity contribution in [2.75, 3.05) is 19.7 Å². The van der Waals surface area contributed by atoms with Crippen molar-refractivity contribution in [1.82, 2.24) is 10.8 Å². The van der Waals surface area contributed by atoms with Gasteiger partial charge in [0.1, 0.15) is 6.11 Å². The van der Waals surface area contributed by atoms with E-state index >= 15 is 0 Å². The van der Waals surface area contributed by atoms with Crippen molar-refractivity contribution in [3.05, 3.63) is 69.8 Å². The molecule has 2 aromatic rings. The molecular weight excluding hydrogens is 488 g/mol. The number of ether oxygens (including phenoxy) is 1. The van der Waals surface area contributed by atoms with E-state index in [1.807, 2.05) is 5.92 Å². The Morgan fingerprint density at radius 1 is 0.892 bits per heavy atom. The van der Waals surface area contributed by atoms with Crippen LogP contribution in [0.2, 0.25) is 0 Å². The number of nitrogens with one attached hydrogen (secondary N) is 2. The van der Waals surface area contributed by atoms with Crippen molar-refractivity contribution in [3.8, 4) is 12.0 Å². The molecule has 0 bridgehead atoms. The molecule has 0 atom stereocenters. The number of aromatic carboxylic acids is 2. The first-order chi connectivity index (χ1) is 17.7. The average Bonchev–Trinajstić information content (AvgIpc) is 2.87. The monoisotopic (exact) mass is 512 g/mol. The first-order valence-corrected chi connectivity index (χ1v) is 10.9. The summed E-state index contributed by atoms with van der Waals surface area (Å²) in [5.74, 6) is -2.76. The maximum atomic E-state index is 12.5. The molecule has 0 unspecified atom stereocenters. The number of esters is 1. The lowest BCUT2D eigenvalue weighted by Crippen LogP contribution is -2.29. The Morgan fingerprint density at radius 2 is 1.57 bits per heavy atom. The van der Waals surface area contributed by atoms with Crippen LogP contribution in [0, 0.1) is 12.0 Å². The number of rotatable bonds is 13. The largest absolute Gasteiger partial charge is 0.478 e. The Kier molecular flexibility index (Phi) is 10.8. The molecule has 2 aromatic carbocycles. The molecule has 0 spiro atoms. The van der Waals surface area contributed by atoms with Crippen LogP contribution in [-0.4, -0.2) is 64.6 Å². The van der Waals surface area contributed by atoms with E-state index in [2.05, 4.69) is 10.8 Å². The van der Waals surface area contributed by atoms with Gasteiger partial charge < -0.3 is 25.4 Å². The summed E-state index contributed by atoms with van der Waals surface area (Å²) < 4.78 is 4.91. The van der Waals surface area contributed by atoms with Crippen LogP contribution in [0.1, 0.15) is 70.7 Å². The molecule has 194 valence electrons. The third kappa shape index (κ3) is 8.17. The van der Waals surface area contributed by atoms with Crippen LogP contribution in [-0.2, 0) is 16.2 Å². The van der Waals surface area contributed by atoms with Crippen molar-refractivity contribution in [2.24, 2.45) is 0 Å². The number of carboxylic acid groups (broad SMARTS) is 2. The van der Waals surface area contributed by atoms with Crippen LogP contribution in [0.15, 0.2) is 36.4 Å². The highest BCUT2D eigenvalue weighted by atomic mass is 16.6. The number of aliphatic hydroxyl groups is 1. The Hall–Kier alpha value is -4.73. The Bertz CT molecular complexity index is 1260. The second kappa shape index (κ2) is 14.0. The predicted molar refractivity (Wildman–Crippen MR) is 127 cm³/mol. The molecule has 0 aliphatic carbocycles. The smallest absolute Gasteiger partial charge is 0.338 e. The average molecular weight is 512 g/mol. The number of hydroxylamine groups is 1. The molecule has 37 heavy (non-hydrogen) atoms. The van der Waals surface area contributed by atoms with Crippen molar-refractivity contribution < 1.29 is 48.9 Å².